The van der Waals surface area contributed by atoms with E-state index in [4.69, 9.17) is 4.52 Å². The molecule has 0 bridgehead atoms. The molecule has 142 valence electrons. The minimum Gasteiger partial charge on any atom is -0.361 e. The topological polar surface area (TPSA) is 66.7 Å². The molecule has 0 saturated carbocycles. The molecule has 1 aromatic heterocycles. The number of nitrogens with zero attached hydrogens (tertiary/aromatic N) is 3. The predicted molar refractivity (Wildman–Crippen MR) is 101 cm³/mol. The molecule has 3 heterocycles. The van der Waals surface area contributed by atoms with Gasteiger partial charge in [0.25, 0.3) is 0 Å². The molecule has 2 aliphatic heterocycles. The van der Waals surface area contributed by atoms with Crippen LogP contribution in [0.3, 0.4) is 0 Å². The van der Waals surface area contributed by atoms with E-state index in [9.17, 15) is 9.59 Å². The number of likely N-dealkylation sites (tertiary alicyclic amines) is 2. The van der Waals surface area contributed by atoms with Gasteiger partial charge in [0.05, 0.1) is 5.41 Å². The highest BCUT2D eigenvalue weighted by atomic mass is 16.5. The van der Waals surface area contributed by atoms with Crippen LogP contribution in [-0.4, -0.2) is 52.9 Å². The number of aromatic nitrogens is 1. The van der Waals surface area contributed by atoms with Gasteiger partial charge in [-0.05, 0) is 19.3 Å². The summed E-state index contributed by atoms with van der Waals surface area (Å²) in [5.41, 5.74) is 1.16. The Labute approximate surface area is 159 Å². The molecule has 1 atom stereocenters. The first kappa shape index (κ1) is 17.8. The van der Waals surface area contributed by atoms with Gasteiger partial charge in [-0.3, -0.25) is 9.59 Å². The fraction of sp³-hybridized carbons (Fsp3) is 0.476. The van der Waals surface area contributed by atoms with Crippen molar-refractivity contribution in [3.63, 3.8) is 0 Å². The lowest BCUT2D eigenvalue weighted by Crippen LogP contribution is -2.46. The van der Waals surface area contributed by atoms with Crippen LogP contribution in [0.15, 0.2) is 40.9 Å². The van der Waals surface area contributed by atoms with Gasteiger partial charge in [-0.25, -0.2) is 0 Å². The molecule has 2 saturated heterocycles. The molecular formula is C21H25N3O3. The molecule has 0 radical (unpaired) electrons. The maximum atomic E-state index is 13.3. The summed E-state index contributed by atoms with van der Waals surface area (Å²) in [6, 6.07) is 11.8. The Balaban J connectivity index is 1.59. The van der Waals surface area contributed by atoms with E-state index in [2.05, 4.69) is 5.16 Å². The predicted octanol–water partition coefficient (Wildman–Crippen LogP) is 2.75. The van der Waals surface area contributed by atoms with E-state index in [1.165, 1.54) is 0 Å². The SMILES string of the molecule is CC(=O)N1CC[C@](Cc2cc(-c3ccccc3)no2)(C(=O)N2CCCC2)C1. The van der Waals surface area contributed by atoms with Crippen LogP contribution < -0.4 is 0 Å². The first-order valence-electron chi connectivity index (χ1n) is 9.63. The molecule has 2 amide bonds. The molecule has 1 aromatic carbocycles. The number of carbonyl (C=O) groups excluding carboxylic acids is 2. The van der Waals surface area contributed by atoms with Gasteiger partial charge in [-0.2, -0.15) is 0 Å². The molecule has 0 N–H and O–H groups in total. The van der Waals surface area contributed by atoms with Gasteiger partial charge >= 0.3 is 0 Å². The summed E-state index contributed by atoms with van der Waals surface area (Å²) in [7, 11) is 0. The molecule has 0 unspecified atom stereocenters. The highest BCUT2D eigenvalue weighted by Crippen LogP contribution is 2.38. The molecular weight excluding hydrogens is 342 g/mol. The van der Waals surface area contributed by atoms with Gasteiger partial charge in [0.2, 0.25) is 11.8 Å². The molecule has 27 heavy (non-hydrogen) atoms. The number of benzene rings is 1. The highest BCUT2D eigenvalue weighted by molar-refractivity contribution is 5.85. The second-order valence-electron chi connectivity index (χ2n) is 7.69. The zero-order valence-electron chi connectivity index (χ0n) is 15.7. The quantitative estimate of drug-likeness (QED) is 0.833. The average Bonchev–Trinajstić information content (AvgIpc) is 3.43. The maximum Gasteiger partial charge on any atom is 0.231 e. The summed E-state index contributed by atoms with van der Waals surface area (Å²) >= 11 is 0. The molecule has 6 nitrogen and oxygen atoms in total. The molecule has 6 heteroatoms. The van der Waals surface area contributed by atoms with Crippen molar-refractivity contribution >= 4 is 11.8 Å². The van der Waals surface area contributed by atoms with Crippen molar-refractivity contribution in [1.29, 1.82) is 0 Å². The van der Waals surface area contributed by atoms with Crippen molar-refractivity contribution in [3.05, 3.63) is 42.2 Å². The number of hydrogen-bond donors (Lipinski definition) is 0. The zero-order chi connectivity index (χ0) is 18.9. The Bertz CT molecular complexity index is 826. The van der Waals surface area contributed by atoms with Crippen LogP contribution in [0.2, 0.25) is 0 Å². The van der Waals surface area contributed by atoms with E-state index in [0.29, 0.717) is 31.7 Å². The Morgan fingerprint density at radius 3 is 2.52 bits per heavy atom. The van der Waals surface area contributed by atoms with Gasteiger partial charge in [-0.1, -0.05) is 35.5 Å². The van der Waals surface area contributed by atoms with Gasteiger partial charge in [0.15, 0.2) is 0 Å². The summed E-state index contributed by atoms with van der Waals surface area (Å²) in [4.78, 5) is 29.0. The van der Waals surface area contributed by atoms with Crippen molar-refractivity contribution in [2.75, 3.05) is 26.2 Å². The largest absolute Gasteiger partial charge is 0.361 e. The van der Waals surface area contributed by atoms with Gasteiger partial charge in [-0.15, -0.1) is 0 Å². The number of amides is 2. The van der Waals surface area contributed by atoms with Crippen molar-refractivity contribution in [2.24, 2.45) is 5.41 Å². The van der Waals surface area contributed by atoms with Crippen LogP contribution in [0, 0.1) is 5.41 Å². The summed E-state index contributed by atoms with van der Waals surface area (Å²) in [6.07, 6.45) is 3.26. The molecule has 4 rings (SSSR count). The van der Waals surface area contributed by atoms with E-state index in [0.717, 1.165) is 37.2 Å². The average molecular weight is 367 g/mol. The summed E-state index contributed by atoms with van der Waals surface area (Å²) in [6.45, 7) is 4.27. The first-order chi connectivity index (χ1) is 13.1. The third kappa shape index (κ3) is 3.48. The number of carbonyl (C=O) groups is 2. The van der Waals surface area contributed by atoms with E-state index in [1.54, 1.807) is 11.8 Å². The van der Waals surface area contributed by atoms with E-state index < -0.39 is 5.41 Å². The van der Waals surface area contributed by atoms with Crippen LogP contribution in [0.4, 0.5) is 0 Å². The van der Waals surface area contributed by atoms with E-state index in [1.807, 2.05) is 41.3 Å². The molecule has 0 spiro atoms. The lowest BCUT2D eigenvalue weighted by Gasteiger charge is -2.31. The van der Waals surface area contributed by atoms with Crippen LogP contribution in [-0.2, 0) is 16.0 Å². The zero-order valence-corrected chi connectivity index (χ0v) is 15.7. The third-order valence-electron chi connectivity index (χ3n) is 5.79. The van der Waals surface area contributed by atoms with Crippen LogP contribution in [0.5, 0.6) is 0 Å². The Kier molecular flexibility index (Phi) is 4.72. The van der Waals surface area contributed by atoms with E-state index >= 15 is 0 Å². The standard InChI is InChI=1S/C21H25N3O3/c1-16(25)24-12-9-21(15-24,20(26)23-10-5-6-11-23)14-18-13-19(22-27-18)17-7-3-2-4-8-17/h2-4,7-8,13H,5-6,9-12,14-15H2,1H3/t21-/m1/s1. The van der Waals surface area contributed by atoms with Crippen LogP contribution in [0.1, 0.15) is 31.9 Å². The lowest BCUT2D eigenvalue weighted by atomic mass is 9.81. The summed E-state index contributed by atoms with van der Waals surface area (Å²) in [5.74, 6) is 0.877. The Morgan fingerprint density at radius 1 is 1.11 bits per heavy atom. The van der Waals surface area contributed by atoms with Crippen molar-refractivity contribution in [1.82, 2.24) is 15.0 Å². The Hall–Kier alpha value is -2.63. The minimum atomic E-state index is -0.608. The van der Waals surface area contributed by atoms with Crippen LogP contribution in [0.25, 0.3) is 11.3 Å². The fourth-order valence-corrected chi connectivity index (χ4v) is 4.27. The summed E-state index contributed by atoms with van der Waals surface area (Å²) in [5, 5.41) is 4.19. The second-order valence-corrected chi connectivity index (χ2v) is 7.69. The molecule has 0 aliphatic carbocycles. The first-order valence-corrected chi connectivity index (χ1v) is 9.63. The van der Waals surface area contributed by atoms with Gasteiger partial charge < -0.3 is 14.3 Å². The number of hydrogen-bond acceptors (Lipinski definition) is 4. The molecule has 2 aliphatic rings. The fourth-order valence-electron chi connectivity index (χ4n) is 4.27. The number of rotatable bonds is 4. The normalized spacial score (nSPS) is 22.4. The smallest absolute Gasteiger partial charge is 0.231 e. The minimum absolute atomic E-state index is 0.0219. The molecule has 2 fully saturated rings. The third-order valence-corrected chi connectivity index (χ3v) is 5.79. The molecule has 2 aromatic rings. The highest BCUT2D eigenvalue weighted by Gasteiger charge is 2.48. The Morgan fingerprint density at radius 2 is 1.85 bits per heavy atom. The van der Waals surface area contributed by atoms with Crippen LogP contribution >= 0.6 is 0 Å². The van der Waals surface area contributed by atoms with Crippen molar-refractivity contribution in [3.8, 4) is 11.3 Å². The second kappa shape index (κ2) is 7.18. The monoisotopic (exact) mass is 367 g/mol. The van der Waals surface area contributed by atoms with Crippen molar-refractivity contribution in [2.45, 2.75) is 32.6 Å². The van der Waals surface area contributed by atoms with E-state index in [-0.39, 0.29) is 11.8 Å². The van der Waals surface area contributed by atoms with Gasteiger partial charge in [0, 0.05) is 51.2 Å². The van der Waals surface area contributed by atoms with Gasteiger partial charge in [0.1, 0.15) is 11.5 Å². The lowest BCUT2D eigenvalue weighted by molar-refractivity contribution is -0.141. The van der Waals surface area contributed by atoms with Crippen molar-refractivity contribution < 1.29 is 14.1 Å². The summed E-state index contributed by atoms with van der Waals surface area (Å²) < 4.78 is 5.59. The maximum absolute atomic E-state index is 13.3.